The fourth-order valence-electron chi connectivity index (χ4n) is 10.9. The van der Waals surface area contributed by atoms with Crippen molar-refractivity contribution < 1.29 is 22.7 Å². The normalized spacial score (nSPS) is 24.6. The number of hydrogen-bond donors (Lipinski definition) is 1. The number of aromatic amines is 1. The molecule has 0 radical (unpaired) electrons. The molecule has 1 amide bonds. The molecule has 7 aromatic rings. The average Bonchev–Trinajstić information content (AvgIpc) is 3.86. The van der Waals surface area contributed by atoms with Crippen molar-refractivity contribution in [2.24, 2.45) is 10.3 Å². The number of nitrogens with zero attached hydrogens (tertiary/aromatic N) is 8. The summed E-state index contributed by atoms with van der Waals surface area (Å²) in [6.45, 7) is 12.6. The third-order valence-corrected chi connectivity index (χ3v) is 15.6. The molecule has 11 rings (SSSR count). The van der Waals surface area contributed by atoms with Crippen molar-refractivity contribution in [3.8, 4) is 17.2 Å². The van der Waals surface area contributed by atoms with Crippen molar-refractivity contribution in [2.45, 2.75) is 96.1 Å². The summed E-state index contributed by atoms with van der Waals surface area (Å²) in [7, 11) is -2.40. The van der Waals surface area contributed by atoms with Crippen LogP contribution in [0.1, 0.15) is 109 Å². The topological polar surface area (TPSA) is 168 Å². The molecule has 0 unspecified atom stereocenters. The highest BCUT2D eigenvalue weighted by molar-refractivity contribution is 7.92. The zero-order chi connectivity index (χ0) is 45.5. The Morgan fingerprint density at radius 2 is 1.72 bits per heavy atom. The number of halogens is 1. The molecule has 15 nitrogen and oxygen atoms in total. The Bertz CT molecular complexity index is 3390. The third kappa shape index (κ3) is 6.51. The fourth-order valence-corrected chi connectivity index (χ4v) is 12.4. The number of nitrogens with one attached hydrogen (secondary N) is 1. The Morgan fingerprint density at radius 3 is 2.43 bits per heavy atom. The molecule has 0 spiro atoms. The van der Waals surface area contributed by atoms with Crippen LogP contribution < -0.4 is 11.4 Å². The number of fused-ring (bicyclic) bond motifs is 3. The SMILES string of the molecule is Cc1cc(-n2nc3c(c2-n2ccn(-c4ccc5c(c4)C[S@](C)(=O)=N5)c2=O)[C@H](C)N(C(=O)c2cc4cc([C@H]5CCOC(C)(C)C5)ccc4n2[C@@]2(c4noc(=O)[nH]4)C[C@@H]2C)CC3)cc(C)c1F. The maximum atomic E-state index is 15.5. The second-order valence-electron chi connectivity index (χ2n) is 19.2. The van der Waals surface area contributed by atoms with Gasteiger partial charge in [0.15, 0.2) is 5.82 Å². The Hall–Kier alpha value is -6.33. The van der Waals surface area contributed by atoms with Gasteiger partial charge in [0.1, 0.15) is 22.9 Å². The molecule has 1 aliphatic carbocycles. The van der Waals surface area contributed by atoms with Gasteiger partial charge < -0.3 is 14.2 Å². The van der Waals surface area contributed by atoms with Crippen LogP contribution in [0.3, 0.4) is 0 Å². The van der Waals surface area contributed by atoms with Crippen LogP contribution in [-0.2, 0) is 32.2 Å². The summed E-state index contributed by atoms with van der Waals surface area (Å²) in [5.74, 6) is 0.169. The van der Waals surface area contributed by atoms with E-state index in [1.54, 1.807) is 61.4 Å². The van der Waals surface area contributed by atoms with Gasteiger partial charge in [0.05, 0.1) is 49.9 Å². The van der Waals surface area contributed by atoms with E-state index in [1.807, 2.05) is 28.5 Å². The molecule has 3 aliphatic heterocycles. The van der Waals surface area contributed by atoms with Gasteiger partial charge in [0.25, 0.3) is 5.91 Å². The van der Waals surface area contributed by atoms with Gasteiger partial charge in [-0.15, -0.1) is 0 Å². The van der Waals surface area contributed by atoms with Gasteiger partial charge in [-0.1, -0.05) is 18.1 Å². The fraction of sp³-hybridized carbons (Fsp3) is 0.396. The number of imidazole rings is 1. The molecule has 3 aromatic carbocycles. The van der Waals surface area contributed by atoms with E-state index in [2.05, 4.69) is 53.5 Å². The van der Waals surface area contributed by atoms with E-state index < -0.39 is 27.1 Å². The van der Waals surface area contributed by atoms with E-state index in [-0.39, 0.29) is 34.9 Å². The number of rotatable bonds is 7. The first kappa shape index (κ1) is 41.4. The van der Waals surface area contributed by atoms with Crippen molar-refractivity contribution in [2.75, 3.05) is 19.4 Å². The molecule has 0 bridgehead atoms. The van der Waals surface area contributed by atoms with E-state index in [1.165, 1.54) is 14.7 Å². The summed E-state index contributed by atoms with van der Waals surface area (Å²) in [4.78, 5) is 47.3. The Kier molecular flexibility index (Phi) is 9.13. The van der Waals surface area contributed by atoms with E-state index in [0.717, 1.165) is 29.3 Å². The van der Waals surface area contributed by atoms with Gasteiger partial charge in [0, 0.05) is 54.7 Å². The summed E-state index contributed by atoms with van der Waals surface area (Å²) in [5, 5.41) is 10.2. The second-order valence-corrected chi connectivity index (χ2v) is 21.6. The highest BCUT2D eigenvalue weighted by Crippen LogP contribution is 2.56. The van der Waals surface area contributed by atoms with Crippen molar-refractivity contribution in [3.05, 3.63) is 139 Å². The maximum absolute atomic E-state index is 15.5. The van der Waals surface area contributed by atoms with E-state index >= 15 is 9.18 Å². The number of amides is 1. The maximum Gasteiger partial charge on any atom is 0.438 e. The molecule has 1 saturated heterocycles. The second kappa shape index (κ2) is 14.3. The summed E-state index contributed by atoms with van der Waals surface area (Å²) in [6, 6.07) is 16.6. The summed E-state index contributed by atoms with van der Waals surface area (Å²) in [5.41, 5.74) is 5.85. The Labute approximate surface area is 374 Å². The quantitative estimate of drug-likeness (QED) is 0.170. The number of aromatic nitrogens is 7. The molecule has 4 aromatic heterocycles. The van der Waals surface area contributed by atoms with Gasteiger partial charge in [-0.3, -0.25) is 23.4 Å². The number of H-pyrrole nitrogens is 1. The van der Waals surface area contributed by atoms with Gasteiger partial charge in [-0.2, -0.15) is 9.46 Å². The van der Waals surface area contributed by atoms with Crippen LogP contribution >= 0.6 is 0 Å². The van der Waals surface area contributed by atoms with Crippen LogP contribution in [0.2, 0.25) is 0 Å². The molecule has 65 heavy (non-hydrogen) atoms. The molecule has 1 saturated carbocycles. The largest absolute Gasteiger partial charge is 0.438 e. The molecular formula is C48H50FN9O6S. The highest BCUT2D eigenvalue weighted by Gasteiger charge is 2.59. The minimum atomic E-state index is -2.40. The van der Waals surface area contributed by atoms with Crippen molar-refractivity contribution in [1.82, 2.24) is 38.5 Å². The van der Waals surface area contributed by atoms with Crippen LogP contribution in [0.15, 0.2) is 85.5 Å². The van der Waals surface area contributed by atoms with Crippen LogP contribution in [0.25, 0.3) is 28.1 Å². The smallest absolute Gasteiger partial charge is 0.376 e. The molecule has 2 fully saturated rings. The van der Waals surface area contributed by atoms with Crippen LogP contribution in [0.4, 0.5) is 10.1 Å². The van der Waals surface area contributed by atoms with Crippen molar-refractivity contribution in [1.29, 1.82) is 0 Å². The lowest BCUT2D eigenvalue weighted by Crippen LogP contribution is -2.41. The van der Waals surface area contributed by atoms with Gasteiger partial charge in [0.2, 0.25) is 0 Å². The zero-order valence-corrected chi connectivity index (χ0v) is 38.2. The minimum Gasteiger partial charge on any atom is -0.376 e. The first-order chi connectivity index (χ1) is 30.9. The average molecular weight is 900 g/mol. The highest BCUT2D eigenvalue weighted by atomic mass is 32.2. The summed E-state index contributed by atoms with van der Waals surface area (Å²) >= 11 is 0. The molecular weight excluding hydrogens is 850 g/mol. The first-order valence-corrected chi connectivity index (χ1v) is 24.2. The molecule has 5 atom stereocenters. The number of carbonyl (C=O) groups is 1. The van der Waals surface area contributed by atoms with E-state index in [0.29, 0.717) is 88.5 Å². The van der Waals surface area contributed by atoms with Gasteiger partial charge in [-0.05, 0) is 137 Å². The number of aryl methyl sites for hydroxylation is 2. The lowest BCUT2D eigenvalue weighted by Gasteiger charge is -2.35. The molecule has 17 heteroatoms. The number of hydrogen-bond acceptors (Lipinski definition) is 9. The van der Waals surface area contributed by atoms with Crippen molar-refractivity contribution in [3.63, 3.8) is 0 Å². The molecule has 4 aliphatic rings. The lowest BCUT2D eigenvalue weighted by atomic mass is 9.83. The van der Waals surface area contributed by atoms with Crippen molar-refractivity contribution >= 4 is 32.2 Å². The molecule has 7 heterocycles. The molecule has 1 N–H and O–H groups in total. The number of benzene rings is 3. The summed E-state index contributed by atoms with van der Waals surface area (Å²) < 4.78 is 50.3. The monoisotopic (exact) mass is 899 g/mol. The van der Waals surface area contributed by atoms with Gasteiger partial charge >= 0.3 is 11.4 Å². The van der Waals surface area contributed by atoms with E-state index in [9.17, 15) is 13.8 Å². The standard InChI is InChI=1S/C48H50FN9O6S/c1-26-18-35(19-27(2)41(26)49)58-42(56-16-15-55(46(56)61)34-9-10-36-33(21-34)25-65(7,62)53-36)40-29(4)54(14-12-37(40)51-58)43(59)39-22-32-20-30(31-13-17-63-47(5,6)24-31)8-11-38(32)57(39)48(23-28(48)3)44-50-45(60)64-52-44/h8-11,15-16,18-22,28-29,31H,12-14,17,23-25H2,1-7H3,(H,50,52,60)/t28-,29-,31-,48-,65-/m0/s1. The predicted octanol–water partition coefficient (Wildman–Crippen LogP) is 7.66. The van der Waals surface area contributed by atoms with Crippen LogP contribution in [-0.4, -0.2) is 73.6 Å². The Balaban J connectivity index is 1.05. The van der Waals surface area contributed by atoms with Gasteiger partial charge in [-0.25, -0.2) is 22.9 Å². The van der Waals surface area contributed by atoms with E-state index in [4.69, 9.17) is 14.4 Å². The van der Waals surface area contributed by atoms with Crippen LogP contribution in [0.5, 0.6) is 0 Å². The number of carbonyl (C=O) groups excluding carboxylic acids is 1. The third-order valence-electron chi connectivity index (χ3n) is 14.2. The number of ether oxygens (including phenoxy) is 1. The first-order valence-electron chi connectivity index (χ1n) is 22.1. The predicted molar refractivity (Wildman–Crippen MR) is 243 cm³/mol. The molecule has 336 valence electrons. The zero-order valence-electron chi connectivity index (χ0n) is 37.3. The minimum absolute atomic E-state index is 0.0151. The van der Waals surface area contributed by atoms with Crippen LogP contribution in [0, 0.1) is 25.6 Å². The lowest BCUT2D eigenvalue weighted by molar-refractivity contribution is -0.0592. The summed E-state index contributed by atoms with van der Waals surface area (Å²) in [6.07, 6.45) is 7.75. The Morgan fingerprint density at radius 1 is 0.969 bits per heavy atom.